The summed E-state index contributed by atoms with van der Waals surface area (Å²) < 4.78 is 0. The molecule has 0 aliphatic carbocycles. The van der Waals surface area contributed by atoms with E-state index < -0.39 is 8.07 Å². The second-order valence-corrected chi connectivity index (χ2v) is 8.90. The molecule has 0 aromatic carbocycles. The third kappa shape index (κ3) is 4.24. The Morgan fingerprint density at radius 3 is 1.92 bits per heavy atom. The van der Waals surface area contributed by atoms with Gasteiger partial charge in [-0.1, -0.05) is 28.7 Å². The largest absolute Gasteiger partial charge is 0.124 e. The highest BCUT2D eigenvalue weighted by Gasteiger charge is 2.20. The average molecular weight is 208 g/mol. The van der Waals surface area contributed by atoms with Gasteiger partial charge >= 0.3 is 0 Å². The van der Waals surface area contributed by atoms with E-state index in [1.807, 2.05) is 0 Å². The molecule has 0 saturated carbocycles. The van der Waals surface area contributed by atoms with Crippen LogP contribution in [-0.4, -0.2) is 18.3 Å². The molecule has 0 spiro atoms. The second-order valence-electron chi connectivity index (χ2n) is 3.54. The monoisotopic (exact) mass is 208 g/mol. The lowest BCUT2D eigenvalue weighted by molar-refractivity contribution is 0.931. The fourth-order valence-corrected chi connectivity index (χ4v) is 3.51. The van der Waals surface area contributed by atoms with Gasteiger partial charge in [0.15, 0.2) is 0 Å². The predicted octanol–water partition coefficient (Wildman–Crippen LogP) is 2.27. The van der Waals surface area contributed by atoms with Gasteiger partial charge in [-0.25, -0.2) is 0 Å². The standard InChI is InChI=1S/C11H20Si2/c1-5-13(6-2,7-3)10-8-9-11(4)12/h5-7H,1-4,8-10H2,12H3. The maximum Gasteiger partial charge on any atom is 0.124 e. The van der Waals surface area contributed by atoms with Gasteiger partial charge in [0, 0.05) is 10.2 Å². The van der Waals surface area contributed by atoms with Gasteiger partial charge in [0.25, 0.3) is 0 Å². The Balaban J connectivity index is 4.11. The molecule has 72 valence electrons. The van der Waals surface area contributed by atoms with Crippen LogP contribution in [0.2, 0.25) is 6.04 Å². The molecule has 0 bridgehead atoms. The molecule has 2 heteroatoms. The van der Waals surface area contributed by atoms with Crippen molar-refractivity contribution in [3.8, 4) is 0 Å². The summed E-state index contributed by atoms with van der Waals surface area (Å²) in [5.74, 6) is 0. The van der Waals surface area contributed by atoms with Gasteiger partial charge in [-0.15, -0.1) is 26.3 Å². The zero-order valence-corrected chi connectivity index (χ0v) is 11.7. The van der Waals surface area contributed by atoms with Crippen molar-refractivity contribution in [3.63, 3.8) is 0 Å². The van der Waals surface area contributed by atoms with Crippen molar-refractivity contribution in [2.75, 3.05) is 0 Å². The summed E-state index contributed by atoms with van der Waals surface area (Å²) in [6.45, 7) is 15.6. The van der Waals surface area contributed by atoms with E-state index in [4.69, 9.17) is 0 Å². The lowest BCUT2D eigenvalue weighted by Crippen LogP contribution is -2.26. The minimum absolute atomic E-state index is 1.12. The molecule has 0 amide bonds. The molecule has 0 aliphatic rings. The zero-order valence-electron chi connectivity index (χ0n) is 8.68. The topological polar surface area (TPSA) is 0 Å². The SMILES string of the molecule is C=C[Si](C=C)(C=C)CCCC(=C)[SiH3]. The van der Waals surface area contributed by atoms with E-state index >= 15 is 0 Å². The van der Waals surface area contributed by atoms with Crippen molar-refractivity contribution < 1.29 is 0 Å². The van der Waals surface area contributed by atoms with E-state index in [1.54, 1.807) is 0 Å². The normalized spacial score (nSPS) is 10.8. The lowest BCUT2D eigenvalue weighted by Gasteiger charge is -2.19. The summed E-state index contributed by atoms with van der Waals surface area (Å²) in [6, 6.07) is 1.19. The van der Waals surface area contributed by atoms with Crippen molar-refractivity contribution in [2.24, 2.45) is 0 Å². The third-order valence-electron chi connectivity index (χ3n) is 2.35. The van der Waals surface area contributed by atoms with Crippen LogP contribution >= 0.6 is 0 Å². The van der Waals surface area contributed by atoms with Crippen LogP contribution < -0.4 is 0 Å². The first-order chi connectivity index (χ1) is 6.10. The number of allylic oxidation sites excluding steroid dienone is 1. The van der Waals surface area contributed by atoms with Crippen LogP contribution in [0.25, 0.3) is 0 Å². The molecule has 0 radical (unpaired) electrons. The van der Waals surface area contributed by atoms with Crippen LogP contribution in [0.5, 0.6) is 0 Å². The van der Waals surface area contributed by atoms with Gasteiger partial charge in [0.2, 0.25) is 0 Å². The number of rotatable bonds is 7. The summed E-state index contributed by atoms with van der Waals surface area (Å²) in [6.07, 6.45) is 2.37. The molecular formula is C11H20Si2. The second kappa shape index (κ2) is 5.94. The molecule has 0 atom stereocenters. The van der Waals surface area contributed by atoms with Crippen molar-refractivity contribution in [1.29, 1.82) is 0 Å². The Bertz CT molecular complexity index is 194. The Morgan fingerprint density at radius 1 is 1.15 bits per heavy atom. The third-order valence-corrected chi connectivity index (χ3v) is 6.35. The van der Waals surface area contributed by atoms with Gasteiger partial charge in [-0.3, -0.25) is 0 Å². The van der Waals surface area contributed by atoms with E-state index in [0.717, 1.165) is 16.7 Å². The maximum atomic E-state index is 3.95. The minimum Gasteiger partial charge on any atom is -0.106 e. The van der Waals surface area contributed by atoms with Crippen LogP contribution in [0.4, 0.5) is 0 Å². The van der Waals surface area contributed by atoms with Gasteiger partial charge in [0.05, 0.1) is 0 Å². The first-order valence-electron chi connectivity index (χ1n) is 4.65. The first-order valence-corrected chi connectivity index (χ1v) is 8.09. The number of hydrogen-bond acceptors (Lipinski definition) is 0. The lowest BCUT2D eigenvalue weighted by atomic mass is 10.3. The van der Waals surface area contributed by atoms with Crippen LogP contribution in [-0.2, 0) is 0 Å². The number of hydrogen-bond donors (Lipinski definition) is 0. The van der Waals surface area contributed by atoms with E-state index in [2.05, 4.69) is 43.4 Å². The molecule has 0 rings (SSSR count). The van der Waals surface area contributed by atoms with Crippen LogP contribution in [0.15, 0.2) is 48.6 Å². The average Bonchev–Trinajstić information content (AvgIpc) is 2.13. The van der Waals surface area contributed by atoms with E-state index in [0.29, 0.717) is 0 Å². The summed E-state index contributed by atoms with van der Waals surface area (Å²) in [5.41, 5.74) is 6.18. The molecule has 0 aromatic rings. The molecule has 0 unspecified atom stereocenters. The summed E-state index contributed by atoms with van der Waals surface area (Å²) in [7, 11) is -0.400. The molecule has 0 saturated heterocycles. The molecule has 0 nitrogen and oxygen atoms in total. The molecule has 0 heterocycles. The quantitative estimate of drug-likeness (QED) is 0.563. The smallest absolute Gasteiger partial charge is 0.106 e. The zero-order chi connectivity index (χ0) is 10.3. The molecule has 0 aliphatic heterocycles. The Kier molecular flexibility index (Phi) is 5.66. The predicted molar refractivity (Wildman–Crippen MR) is 69.5 cm³/mol. The summed E-state index contributed by atoms with van der Waals surface area (Å²) >= 11 is 0. The van der Waals surface area contributed by atoms with Crippen LogP contribution in [0, 0.1) is 0 Å². The van der Waals surface area contributed by atoms with Crippen molar-refractivity contribution in [2.45, 2.75) is 18.9 Å². The maximum absolute atomic E-state index is 3.95. The molecule has 0 fully saturated rings. The highest BCUT2D eigenvalue weighted by Crippen LogP contribution is 2.18. The minimum atomic E-state index is -1.52. The molecule has 0 N–H and O–H groups in total. The molecular weight excluding hydrogens is 188 g/mol. The Hall–Kier alpha value is -0.606. The Morgan fingerprint density at radius 2 is 1.62 bits per heavy atom. The van der Waals surface area contributed by atoms with Gasteiger partial charge in [-0.2, -0.15) is 0 Å². The van der Waals surface area contributed by atoms with Crippen molar-refractivity contribution >= 4 is 18.3 Å². The first kappa shape index (κ1) is 12.4. The van der Waals surface area contributed by atoms with Crippen molar-refractivity contribution in [3.05, 3.63) is 48.6 Å². The molecule has 0 aromatic heterocycles. The fraction of sp³-hybridized carbons (Fsp3) is 0.273. The summed E-state index contributed by atoms with van der Waals surface area (Å²) in [4.78, 5) is 0. The highest BCUT2D eigenvalue weighted by molar-refractivity contribution is 6.93. The van der Waals surface area contributed by atoms with Crippen LogP contribution in [0.1, 0.15) is 12.8 Å². The van der Waals surface area contributed by atoms with Gasteiger partial charge in [0.1, 0.15) is 8.07 Å². The Labute approximate surface area is 86.2 Å². The fourth-order valence-electron chi connectivity index (χ4n) is 1.25. The van der Waals surface area contributed by atoms with Crippen LogP contribution in [0.3, 0.4) is 0 Å². The highest BCUT2D eigenvalue weighted by atomic mass is 28.3. The van der Waals surface area contributed by atoms with E-state index in [-0.39, 0.29) is 0 Å². The van der Waals surface area contributed by atoms with E-state index in [9.17, 15) is 0 Å². The van der Waals surface area contributed by atoms with E-state index in [1.165, 1.54) is 17.7 Å². The van der Waals surface area contributed by atoms with Crippen molar-refractivity contribution in [1.82, 2.24) is 0 Å². The molecule has 13 heavy (non-hydrogen) atoms. The summed E-state index contributed by atoms with van der Waals surface area (Å²) in [5, 5.41) is 1.39. The van der Waals surface area contributed by atoms with Gasteiger partial charge in [-0.05, 0) is 12.5 Å². The van der Waals surface area contributed by atoms with Gasteiger partial charge < -0.3 is 0 Å².